The summed E-state index contributed by atoms with van der Waals surface area (Å²) >= 11 is 0. The van der Waals surface area contributed by atoms with Gasteiger partial charge < -0.3 is 15.2 Å². The van der Waals surface area contributed by atoms with E-state index in [-0.39, 0.29) is 5.88 Å². The third-order valence-electron chi connectivity index (χ3n) is 4.68. The van der Waals surface area contributed by atoms with E-state index < -0.39 is 0 Å². The molecule has 2 aromatic rings. The molecule has 7 heteroatoms. The van der Waals surface area contributed by atoms with Crippen LogP contribution in [0.1, 0.15) is 18.5 Å². The quantitative estimate of drug-likeness (QED) is 0.873. The number of ether oxygens (including phenoxy) is 1. The van der Waals surface area contributed by atoms with Gasteiger partial charge in [0, 0.05) is 26.8 Å². The molecule has 2 aliphatic rings. The SMILES string of the molecule is Cn1c(NCC2CCOCC2)nc(/C=c2\ccc3c(c2)N=CN=3)c1O. The van der Waals surface area contributed by atoms with E-state index in [4.69, 9.17) is 4.74 Å². The fourth-order valence-corrected chi connectivity index (χ4v) is 3.11. The number of rotatable bonds is 4. The van der Waals surface area contributed by atoms with Gasteiger partial charge in [-0.1, -0.05) is 6.07 Å². The van der Waals surface area contributed by atoms with E-state index in [9.17, 15) is 5.11 Å². The van der Waals surface area contributed by atoms with Crippen molar-refractivity contribution in [1.82, 2.24) is 9.55 Å². The minimum atomic E-state index is 0.142. The van der Waals surface area contributed by atoms with Crippen molar-refractivity contribution >= 4 is 24.1 Å². The van der Waals surface area contributed by atoms with Crippen LogP contribution in [0.25, 0.3) is 6.08 Å². The van der Waals surface area contributed by atoms with E-state index in [0.29, 0.717) is 17.6 Å². The Morgan fingerprint density at radius 3 is 3.04 bits per heavy atom. The van der Waals surface area contributed by atoms with Crippen LogP contribution in [0.4, 0.5) is 11.6 Å². The van der Waals surface area contributed by atoms with Gasteiger partial charge in [-0.05, 0) is 42.2 Å². The molecular formula is C18H21N5O2. The molecule has 2 aliphatic heterocycles. The number of fused-ring (bicyclic) bond motifs is 1. The van der Waals surface area contributed by atoms with Crippen LogP contribution in [-0.2, 0) is 11.8 Å². The van der Waals surface area contributed by atoms with Crippen LogP contribution in [0.5, 0.6) is 5.88 Å². The molecule has 1 aromatic carbocycles. The van der Waals surface area contributed by atoms with E-state index in [1.54, 1.807) is 18.0 Å². The van der Waals surface area contributed by atoms with Crippen molar-refractivity contribution in [3.05, 3.63) is 34.5 Å². The average molecular weight is 339 g/mol. The third kappa shape index (κ3) is 3.28. The first kappa shape index (κ1) is 15.8. The van der Waals surface area contributed by atoms with Gasteiger partial charge in [0.2, 0.25) is 11.8 Å². The number of benzene rings is 1. The lowest BCUT2D eigenvalue weighted by Crippen LogP contribution is -2.23. The predicted octanol–water partition coefficient (Wildman–Crippen LogP) is 1.09. The summed E-state index contributed by atoms with van der Waals surface area (Å²) in [6, 6.07) is 5.80. The Bertz CT molecular complexity index is 926. The first-order chi connectivity index (χ1) is 12.2. The predicted molar refractivity (Wildman–Crippen MR) is 95.8 cm³/mol. The standard InChI is InChI=1S/C18H21N5O2/c1-23-17(24)16(9-13-2-3-14-15(8-13)21-11-20-14)22-18(23)19-10-12-4-6-25-7-5-12/h2-3,8-9,11-12,24H,4-7,10H2,1H3,(H,19,22)/b13-9+. The van der Waals surface area contributed by atoms with Crippen LogP contribution in [0.15, 0.2) is 28.2 Å². The molecule has 2 N–H and O–H groups in total. The minimum absolute atomic E-state index is 0.142. The zero-order valence-corrected chi connectivity index (χ0v) is 14.1. The maximum absolute atomic E-state index is 10.4. The van der Waals surface area contributed by atoms with Crippen LogP contribution in [0.3, 0.4) is 0 Å². The fourth-order valence-electron chi connectivity index (χ4n) is 3.11. The van der Waals surface area contributed by atoms with Gasteiger partial charge in [-0.2, -0.15) is 0 Å². The van der Waals surface area contributed by atoms with Crippen LogP contribution >= 0.6 is 0 Å². The fraction of sp³-hybridized carbons (Fsp3) is 0.389. The van der Waals surface area contributed by atoms with Crippen molar-refractivity contribution in [2.45, 2.75) is 12.8 Å². The Morgan fingerprint density at radius 2 is 2.20 bits per heavy atom. The maximum atomic E-state index is 10.4. The first-order valence-electron chi connectivity index (χ1n) is 8.50. The van der Waals surface area contributed by atoms with Gasteiger partial charge in [0.25, 0.3) is 0 Å². The first-order valence-corrected chi connectivity index (χ1v) is 8.50. The molecule has 7 nitrogen and oxygen atoms in total. The lowest BCUT2D eigenvalue weighted by molar-refractivity contribution is 0.0699. The molecule has 1 aromatic heterocycles. The van der Waals surface area contributed by atoms with E-state index in [1.807, 2.05) is 24.3 Å². The van der Waals surface area contributed by atoms with E-state index >= 15 is 0 Å². The summed E-state index contributed by atoms with van der Waals surface area (Å²) < 4.78 is 7.06. The molecule has 0 radical (unpaired) electrons. The summed E-state index contributed by atoms with van der Waals surface area (Å²) in [7, 11) is 1.80. The molecule has 25 heavy (non-hydrogen) atoms. The normalized spacial score (nSPS) is 17.6. The molecule has 0 aliphatic carbocycles. The second kappa shape index (κ2) is 6.68. The molecule has 3 heterocycles. The van der Waals surface area contributed by atoms with Gasteiger partial charge in [0.1, 0.15) is 12.0 Å². The average Bonchev–Trinajstić information content (AvgIpc) is 3.21. The molecule has 0 atom stereocenters. The topological polar surface area (TPSA) is 84.0 Å². The number of nitrogens with one attached hydrogen (secondary N) is 1. The van der Waals surface area contributed by atoms with Gasteiger partial charge >= 0.3 is 0 Å². The van der Waals surface area contributed by atoms with Gasteiger partial charge in [-0.25, -0.2) is 15.0 Å². The van der Waals surface area contributed by atoms with E-state index in [2.05, 4.69) is 20.3 Å². The smallest absolute Gasteiger partial charge is 0.220 e. The largest absolute Gasteiger partial charge is 0.493 e. The number of hydrogen-bond donors (Lipinski definition) is 2. The van der Waals surface area contributed by atoms with Crippen molar-refractivity contribution in [3.63, 3.8) is 0 Å². The number of anilines is 1. The highest BCUT2D eigenvalue weighted by atomic mass is 16.5. The number of imidazole rings is 1. The minimum Gasteiger partial charge on any atom is -0.493 e. The van der Waals surface area contributed by atoms with Gasteiger partial charge in [-0.3, -0.25) is 4.57 Å². The van der Waals surface area contributed by atoms with E-state index in [0.717, 1.165) is 48.9 Å². The number of aromatic nitrogens is 2. The molecule has 0 bridgehead atoms. The van der Waals surface area contributed by atoms with Crippen molar-refractivity contribution < 1.29 is 9.84 Å². The second-order valence-corrected chi connectivity index (χ2v) is 6.41. The van der Waals surface area contributed by atoms with Crippen molar-refractivity contribution in [1.29, 1.82) is 0 Å². The Balaban J connectivity index is 1.55. The second-order valence-electron chi connectivity index (χ2n) is 6.41. The van der Waals surface area contributed by atoms with Crippen molar-refractivity contribution in [2.24, 2.45) is 23.0 Å². The molecule has 0 saturated carbocycles. The third-order valence-corrected chi connectivity index (χ3v) is 4.68. The van der Waals surface area contributed by atoms with E-state index in [1.165, 1.54) is 0 Å². The lowest BCUT2D eigenvalue weighted by Gasteiger charge is -2.22. The summed E-state index contributed by atoms with van der Waals surface area (Å²) in [6.07, 6.45) is 5.51. The number of aliphatic imine (C=N–C) groups is 1. The Hall–Kier alpha value is -2.67. The molecule has 1 saturated heterocycles. The molecule has 130 valence electrons. The molecule has 0 amide bonds. The number of hydrogen-bond acceptors (Lipinski definition) is 6. The van der Waals surface area contributed by atoms with Crippen LogP contribution in [-0.4, -0.2) is 40.8 Å². The van der Waals surface area contributed by atoms with Crippen molar-refractivity contribution in [3.8, 4) is 5.88 Å². The Labute approximate surface area is 145 Å². The Kier molecular flexibility index (Phi) is 4.23. The zero-order valence-electron chi connectivity index (χ0n) is 14.1. The molecule has 0 spiro atoms. The van der Waals surface area contributed by atoms with Crippen LogP contribution < -0.4 is 15.9 Å². The summed E-state index contributed by atoms with van der Waals surface area (Å²) in [5.74, 6) is 1.39. The monoisotopic (exact) mass is 339 g/mol. The van der Waals surface area contributed by atoms with Gasteiger partial charge in [-0.15, -0.1) is 0 Å². The van der Waals surface area contributed by atoms with Crippen LogP contribution in [0, 0.1) is 5.92 Å². The summed E-state index contributed by atoms with van der Waals surface area (Å²) in [5, 5.41) is 15.5. The summed E-state index contributed by atoms with van der Waals surface area (Å²) in [4.78, 5) is 12.9. The highest BCUT2D eigenvalue weighted by Crippen LogP contribution is 2.23. The van der Waals surface area contributed by atoms with Crippen LogP contribution in [0.2, 0.25) is 0 Å². The maximum Gasteiger partial charge on any atom is 0.220 e. The molecule has 4 rings (SSSR count). The van der Waals surface area contributed by atoms with Gasteiger partial charge in [0.15, 0.2) is 0 Å². The molecular weight excluding hydrogens is 318 g/mol. The highest BCUT2D eigenvalue weighted by Gasteiger charge is 2.16. The molecule has 0 unspecified atom stereocenters. The number of aromatic hydroxyl groups is 1. The lowest BCUT2D eigenvalue weighted by atomic mass is 10.0. The Morgan fingerprint density at radius 1 is 1.36 bits per heavy atom. The van der Waals surface area contributed by atoms with Gasteiger partial charge in [0.05, 0.1) is 11.0 Å². The number of nitrogens with zero attached hydrogens (tertiary/aromatic N) is 4. The molecule has 1 fully saturated rings. The summed E-state index contributed by atoms with van der Waals surface area (Å²) in [5.41, 5.74) is 1.37. The zero-order chi connectivity index (χ0) is 17.2. The summed E-state index contributed by atoms with van der Waals surface area (Å²) in [6.45, 7) is 2.48. The highest BCUT2D eigenvalue weighted by molar-refractivity contribution is 5.67. The van der Waals surface area contributed by atoms with Crippen molar-refractivity contribution in [2.75, 3.05) is 25.1 Å².